The Balaban J connectivity index is 1.55. The van der Waals surface area contributed by atoms with E-state index in [1.54, 1.807) is 0 Å². The van der Waals surface area contributed by atoms with Gasteiger partial charge < -0.3 is 9.30 Å². The summed E-state index contributed by atoms with van der Waals surface area (Å²) in [5.74, 6) is 4.52. The molecule has 2 heterocycles. The largest absolute Gasteiger partial charge is 0.465 e. The van der Waals surface area contributed by atoms with Crippen molar-refractivity contribution in [2.75, 3.05) is 18.1 Å². The quantitative estimate of drug-likeness (QED) is 0.452. The van der Waals surface area contributed by atoms with Gasteiger partial charge in [0.15, 0.2) is 4.90 Å². The van der Waals surface area contributed by atoms with Crippen LogP contribution >= 0.6 is 0 Å². The highest BCUT2D eigenvalue weighted by Gasteiger charge is 2.43. The molecule has 5 rings (SSSR count). The second-order valence-corrected chi connectivity index (χ2v) is 10.3. The van der Waals surface area contributed by atoms with E-state index in [9.17, 15) is 4.79 Å². The zero-order valence-electron chi connectivity index (χ0n) is 16.5. The number of rotatable bonds is 4. The van der Waals surface area contributed by atoms with Crippen LogP contribution in [0.5, 0.6) is 0 Å². The first kappa shape index (κ1) is 18.1. The zero-order chi connectivity index (χ0) is 19.1. The normalized spacial score (nSPS) is 24.5. The third kappa shape index (κ3) is 3.12. The van der Waals surface area contributed by atoms with Crippen LogP contribution in [0.4, 0.5) is 0 Å². The average molecular weight is 395 g/mol. The minimum Gasteiger partial charge on any atom is -0.465 e. The number of benzene rings is 2. The van der Waals surface area contributed by atoms with E-state index in [4.69, 9.17) is 4.74 Å². The summed E-state index contributed by atoms with van der Waals surface area (Å²) in [4.78, 5) is 13.7. The van der Waals surface area contributed by atoms with E-state index in [1.807, 2.05) is 13.0 Å². The number of hydrogen-bond donors (Lipinski definition) is 0. The van der Waals surface area contributed by atoms with Crippen LogP contribution in [0, 0.1) is 11.8 Å². The molecule has 3 nitrogen and oxygen atoms in total. The molecule has 2 unspecified atom stereocenters. The molecule has 2 fully saturated rings. The molecule has 0 spiro atoms. The van der Waals surface area contributed by atoms with Crippen LogP contribution in [0.25, 0.3) is 21.8 Å². The van der Waals surface area contributed by atoms with Crippen LogP contribution in [0.2, 0.25) is 0 Å². The Morgan fingerprint density at radius 3 is 2.50 bits per heavy atom. The molecule has 1 aliphatic heterocycles. The topological polar surface area (TPSA) is 31.2 Å². The van der Waals surface area contributed by atoms with Crippen molar-refractivity contribution in [3.05, 3.63) is 42.5 Å². The van der Waals surface area contributed by atoms with Gasteiger partial charge in [0.1, 0.15) is 18.1 Å². The molecule has 2 atom stereocenters. The van der Waals surface area contributed by atoms with Gasteiger partial charge in [-0.05, 0) is 38.0 Å². The molecule has 0 bridgehead atoms. The Morgan fingerprint density at radius 1 is 1.04 bits per heavy atom. The van der Waals surface area contributed by atoms with Gasteiger partial charge in [0.2, 0.25) is 0 Å². The van der Waals surface area contributed by atoms with E-state index in [-0.39, 0.29) is 12.5 Å². The molecule has 146 valence electrons. The lowest BCUT2D eigenvalue weighted by molar-refractivity contribution is -0.143. The lowest BCUT2D eigenvalue weighted by Crippen LogP contribution is -2.16. The van der Waals surface area contributed by atoms with Crippen LogP contribution in [0.3, 0.4) is 0 Å². The Hall–Kier alpha value is -1.94. The molecule has 0 N–H and O–H groups in total. The van der Waals surface area contributed by atoms with Crippen molar-refractivity contribution in [3.63, 3.8) is 0 Å². The van der Waals surface area contributed by atoms with Gasteiger partial charge in [0.05, 0.1) is 12.1 Å². The van der Waals surface area contributed by atoms with E-state index in [0.29, 0.717) is 17.5 Å². The predicted molar refractivity (Wildman–Crippen MR) is 117 cm³/mol. The smallest absolute Gasteiger partial charge is 0.325 e. The summed E-state index contributed by atoms with van der Waals surface area (Å²) in [6.45, 7) is 2.55. The fourth-order valence-electron chi connectivity index (χ4n) is 5.22. The fraction of sp³-hybridized carbons (Fsp3) is 0.458. The van der Waals surface area contributed by atoms with Gasteiger partial charge in [-0.25, -0.2) is 0 Å². The molecule has 4 heteroatoms. The van der Waals surface area contributed by atoms with Crippen molar-refractivity contribution in [2.45, 2.75) is 44.0 Å². The third-order valence-corrected chi connectivity index (χ3v) is 9.15. The number of para-hydroxylation sites is 1. The highest BCUT2D eigenvalue weighted by atomic mass is 32.2. The molecule has 0 amide bonds. The summed E-state index contributed by atoms with van der Waals surface area (Å²) in [5, 5.41) is 2.52. The number of aromatic nitrogens is 1. The summed E-state index contributed by atoms with van der Waals surface area (Å²) in [7, 11) is 0.385. The maximum Gasteiger partial charge on any atom is 0.325 e. The number of nitrogens with zero attached hydrogens (tertiary/aromatic N) is 1. The third-order valence-electron chi connectivity index (χ3n) is 6.57. The number of ether oxygens (including phenoxy) is 1. The van der Waals surface area contributed by atoms with Crippen molar-refractivity contribution in [1.82, 2.24) is 4.57 Å². The molecule has 1 saturated carbocycles. The summed E-state index contributed by atoms with van der Waals surface area (Å²) >= 11 is 0. The molecule has 1 aliphatic carbocycles. The molecule has 1 aromatic heterocycles. The molecular formula is C24H28NO2S+. The first-order valence-corrected chi connectivity index (χ1v) is 12.1. The van der Waals surface area contributed by atoms with E-state index < -0.39 is 0 Å². The fourth-order valence-corrected chi connectivity index (χ4v) is 8.20. The van der Waals surface area contributed by atoms with Gasteiger partial charge >= 0.3 is 5.97 Å². The maximum atomic E-state index is 12.2. The minimum atomic E-state index is -0.170. The standard InChI is InChI=1S/C24H28NO2S/c1-2-27-24(26)14-25-22-10-6-5-9-20(22)21-13-19(11-12-23(21)25)28-15-17-7-3-4-8-18(17)16-28/h5-6,9-13,17-18H,2-4,7-8,14-16H2,1H3/q+1. The highest BCUT2D eigenvalue weighted by Crippen LogP contribution is 2.41. The van der Waals surface area contributed by atoms with Crippen molar-refractivity contribution < 1.29 is 9.53 Å². The van der Waals surface area contributed by atoms with Crippen LogP contribution < -0.4 is 0 Å². The molecule has 2 aliphatic rings. The Kier molecular flexibility index (Phi) is 4.83. The predicted octanol–water partition coefficient (Wildman–Crippen LogP) is 5.15. The summed E-state index contributed by atoms with van der Waals surface area (Å²) in [6.07, 6.45) is 5.74. The number of carbonyl (C=O) groups is 1. The van der Waals surface area contributed by atoms with Crippen molar-refractivity contribution in [3.8, 4) is 0 Å². The second kappa shape index (κ2) is 7.47. The SMILES string of the molecule is CCOC(=O)Cn1c2ccccc2c2cc([S+]3CC4CCCCC4C3)ccc21. The van der Waals surface area contributed by atoms with Gasteiger partial charge in [-0.1, -0.05) is 31.0 Å². The molecule has 1 saturated heterocycles. The van der Waals surface area contributed by atoms with E-state index in [0.717, 1.165) is 22.9 Å². The van der Waals surface area contributed by atoms with Crippen LogP contribution in [0.1, 0.15) is 32.6 Å². The lowest BCUT2D eigenvalue weighted by atomic mass is 9.82. The Bertz CT molecular complexity index is 1010. The van der Waals surface area contributed by atoms with Gasteiger partial charge in [-0.2, -0.15) is 0 Å². The first-order chi connectivity index (χ1) is 13.7. The van der Waals surface area contributed by atoms with E-state index in [1.165, 1.54) is 52.9 Å². The van der Waals surface area contributed by atoms with Gasteiger partial charge in [-0.15, -0.1) is 0 Å². The van der Waals surface area contributed by atoms with Crippen molar-refractivity contribution in [1.29, 1.82) is 0 Å². The summed E-state index contributed by atoms with van der Waals surface area (Å²) < 4.78 is 7.33. The average Bonchev–Trinajstić information content (AvgIpc) is 3.28. The van der Waals surface area contributed by atoms with E-state index >= 15 is 0 Å². The number of hydrogen-bond acceptors (Lipinski definition) is 2. The molecule has 28 heavy (non-hydrogen) atoms. The van der Waals surface area contributed by atoms with Crippen molar-refractivity contribution >= 4 is 38.7 Å². The van der Waals surface area contributed by atoms with Crippen molar-refractivity contribution in [2.24, 2.45) is 11.8 Å². The minimum absolute atomic E-state index is 0.170. The molecule has 3 aromatic rings. The van der Waals surface area contributed by atoms with Gasteiger partial charge in [0.25, 0.3) is 0 Å². The molecule has 2 aromatic carbocycles. The van der Waals surface area contributed by atoms with E-state index in [2.05, 4.69) is 41.0 Å². The molecule has 0 radical (unpaired) electrons. The first-order valence-electron chi connectivity index (χ1n) is 10.6. The number of carbonyl (C=O) groups excluding carboxylic acids is 1. The van der Waals surface area contributed by atoms with Crippen LogP contribution in [-0.2, 0) is 27.0 Å². The van der Waals surface area contributed by atoms with Gasteiger partial charge in [-0.3, -0.25) is 4.79 Å². The monoisotopic (exact) mass is 394 g/mol. The Morgan fingerprint density at radius 2 is 1.75 bits per heavy atom. The summed E-state index contributed by atoms with van der Waals surface area (Å²) in [6, 6.07) is 15.4. The highest BCUT2D eigenvalue weighted by molar-refractivity contribution is 7.97. The van der Waals surface area contributed by atoms with Crippen LogP contribution in [0.15, 0.2) is 47.4 Å². The second-order valence-electron chi connectivity index (χ2n) is 8.22. The molecular weight excluding hydrogens is 366 g/mol. The lowest BCUT2D eigenvalue weighted by Gasteiger charge is -2.20. The Labute approximate surface area is 169 Å². The number of esters is 1. The van der Waals surface area contributed by atoms with Crippen LogP contribution in [-0.4, -0.2) is 28.6 Å². The maximum absolute atomic E-state index is 12.2. The summed E-state index contributed by atoms with van der Waals surface area (Å²) in [5.41, 5.74) is 2.25. The zero-order valence-corrected chi connectivity index (χ0v) is 17.3. The van der Waals surface area contributed by atoms with Gasteiger partial charge in [0, 0.05) is 45.1 Å². The number of fused-ring (bicyclic) bond motifs is 4.